The second kappa shape index (κ2) is 7.98. The molecule has 118 valence electrons. The van der Waals surface area contributed by atoms with Crippen LogP contribution in [0.3, 0.4) is 0 Å². The zero-order valence-corrected chi connectivity index (χ0v) is 14.3. The molecule has 1 saturated carbocycles. The summed E-state index contributed by atoms with van der Waals surface area (Å²) in [6, 6.07) is 12.3. The molecular weight excluding hydrogens is 254 g/mol. The van der Waals surface area contributed by atoms with Crippen molar-refractivity contribution in [2.75, 3.05) is 0 Å². The molecular formula is C20H33N. The topological polar surface area (TPSA) is 12.0 Å². The SMILES string of the molecule is CCC(Cc1ccccc1)NC1CC(C)CCC1C(C)C. The maximum Gasteiger partial charge on any atom is 0.0108 e. The summed E-state index contributed by atoms with van der Waals surface area (Å²) < 4.78 is 0. The van der Waals surface area contributed by atoms with Crippen molar-refractivity contribution in [1.29, 1.82) is 0 Å². The fourth-order valence-corrected chi connectivity index (χ4v) is 3.92. The lowest BCUT2D eigenvalue weighted by molar-refractivity contribution is 0.157. The van der Waals surface area contributed by atoms with Gasteiger partial charge in [0.05, 0.1) is 0 Å². The maximum atomic E-state index is 4.02. The van der Waals surface area contributed by atoms with Gasteiger partial charge in [0, 0.05) is 12.1 Å². The van der Waals surface area contributed by atoms with Crippen molar-refractivity contribution in [3.05, 3.63) is 35.9 Å². The van der Waals surface area contributed by atoms with Crippen molar-refractivity contribution in [1.82, 2.24) is 5.32 Å². The first-order chi connectivity index (χ1) is 10.1. The van der Waals surface area contributed by atoms with Gasteiger partial charge in [0.15, 0.2) is 0 Å². The van der Waals surface area contributed by atoms with Gasteiger partial charge in [-0.25, -0.2) is 0 Å². The van der Waals surface area contributed by atoms with Crippen LogP contribution in [0.5, 0.6) is 0 Å². The fourth-order valence-electron chi connectivity index (χ4n) is 3.92. The molecule has 4 atom stereocenters. The van der Waals surface area contributed by atoms with E-state index in [2.05, 4.69) is 63.3 Å². The van der Waals surface area contributed by atoms with Crippen LogP contribution < -0.4 is 5.32 Å². The monoisotopic (exact) mass is 287 g/mol. The van der Waals surface area contributed by atoms with Gasteiger partial charge in [0.25, 0.3) is 0 Å². The molecule has 1 aromatic carbocycles. The van der Waals surface area contributed by atoms with Gasteiger partial charge in [-0.05, 0) is 49.0 Å². The number of hydrogen-bond acceptors (Lipinski definition) is 1. The number of nitrogens with one attached hydrogen (secondary N) is 1. The van der Waals surface area contributed by atoms with Gasteiger partial charge in [0.1, 0.15) is 0 Å². The van der Waals surface area contributed by atoms with E-state index >= 15 is 0 Å². The Labute approximate surface area is 131 Å². The predicted molar refractivity (Wildman–Crippen MR) is 92.5 cm³/mol. The van der Waals surface area contributed by atoms with E-state index < -0.39 is 0 Å². The van der Waals surface area contributed by atoms with Gasteiger partial charge in [0.2, 0.25) is 0 Å². The van der Waals surface area contributed by atoms with E-state index in [0.717, 1.165) is 24.2 Å². The highest BCUT2D eigenvalue weighted by molar-refractivity contribution is 5.16. The number of hydrogen-bond donors (Lipinski definition) is 1. The predicted octanol–water partition coefficient (Wildman–Crippen LogP) is 5.06. The van der Waals surface area contributed by atoms with E-state index in [1.54, 1.807) is 0 Å². The van der Waals surface area contributed by atoms with Crippen LogP contribution in [0.4, 0.5) is 0 Å². The average molecular weight is 287 g/mol. The van der Waals surface area contributed by atoms with Crippen LogP contribution in [0.25, 0.3) is 0 Å². The third-order valence-electron chi connectivity index (χ3n) is 5.29. The van der Waals surface area contributed by atoms with Crippen molar-refractivity contribution >= 4 is 0 Å². The second-order valence-electron chi connectivity index (χ2n) is 7.39. The Kier molecular flexibility index (Phi) is 6.29. The Morgan fingerprint density at radius 1 is 1.14 bits per heavy atom. The van der Waals surface area contributed by atoms with E-state index in [-0.39, 0.29) is 0 Å². The van der Waals surface area contributed by atoms with E-state index in [1.165, 1.54) is 31.2 Å². The maximum absolute atomic E-state index is 4.02. The molecule has 0 radical (unpaired) electrons. The van der Waals surface area contributed by atoms with Gasteiger partial charge in [-0.3, -0.25) is 0 Å². The summed E-state index contributed by atoms with van der Waals surface area (Å²) in [6.45, 7) is 9.53. The summed E-state index contributed by atoms with van der Waals surface area (Å²) in [5, 5.41) is 4.02. The molecule has 1 aromatic rings. The molecule has 1 fully saturated rings. The third-order valence-corrected chi connectivity index (χ3v) is 5.29. The fraction of sp³-hybridized carbons (Fsp3) is 0.700. The summed E-state index contributed by atoms with van der Waals surface area (Å²) in [7, 11) is 0. The van der Waals surface area contributed by atoms with E-state index in [4.69, 9.17) is 0 Å². The summed E-state index contributed by atoms with van der Waals surface area (Å²) in [5.74, 6) is 2.53. The van der Waals surface area contributed by atoms with Crippen molar-refractivity contribution in [3.63, 3.8) is 0 Å². The summed E-state index contributed by atoms with van der Waals surface area (Å²) in [6.07, 6.45) is 6.54. The molecule has 21 heavy (non-hydrogen) atoms. The second-order valence-corrected chi connectivity index (χ2v) is 7.39. The Morgan fingerprint density at radius 3 is 2.48 bits per heavy atom. The lowest BCUT2D eigenvalue weighted by atomic mass is 9.73. The Morgan fingerprint density at radius 2 is 1.86 bits per heavy atom. The number of benzene rings is 1. The Balaban J connectivity index is 1.98. The molecule has 0 amide bonds. The largest absolute Gasteiger partial charge is 0.311 e. The molecule has 1 heteroatoms. The minimum absolute atomic E-state index is 0.615. The Bertz CT molecular complexity index is 398. The molecule has 0 spiro atoms. The Hall–Kier alpha value is -0.820. The first-order valence-electron chi connectivity index (χ1n) is 8.90. The molecule has 4 unspecified atom stereocenters. The molecule has 0 bridgehead atoms. The summed E-state index contributed by atoms with van der Waals surface area (Å²) in [4.78, 5) is 0. The zero-order valence-electron chi connectivity index (χ0n) is 14.3. The van der Waals surface area contributed by atoms with Gasteiger partial charge < -0.3 is 5.32 Å². The van der Waals surface area contributed by atoms with Gasteiger partial charge in [-0.2, -0.15) is 0 Å². The highest BCUT2D eigenvalue weighted by Crippen LogP contribution is 2.34. The van der Waals surface area contributed by atoms with Crippen LogP contribution in [0.1, 0.15) is 58.9 Å². The van der Waals surface area contributed by atoms with Crippen LogP contribution in [-0.4, -0.2) is 12.1 Å². The van der Waals surface area contributed by atoms with Crippen LogP contribution >= 0.6 is 0 Å². The minimum atomic E-state index is 0.615. The summed E-state index contributed by atoms with van der Waals surface area (Å²) >= 11 is 0. The smallest absolute Gasteiger partial charge is 0.0108 e. The van der Waals surface area contributed by atoms with Crippen LogP contribution in [0.15, 0.2) is 30.3 Å². The quantitative estimate of drug-likeness (QED) is 0.771. The lowest BCUT2D eigenvalue weighted by Gasteiger charge is -2.40. The van der Waals surface area contributed by atoms with Crippen molar-refractivity contribution in [3.8, 4) is 0 Å². The molecule has 1 aliphatic rings. The first kappa shape index (κ1) is 16.5. The standard InChI is InChI=1S/C20H33N/c1-5-18(14-17-9-7-6-8-10-17)21-20-13-16(4)11-12-19(20)15(2)3/h6-10,15-16,18-21H,5,11-14H2,1-4H3. The summed E-state index contributed by atoms with van der Waals surface area (Å²) in [5.41, 5.74) is 1.46. The van der Waals surface area contributed by atoms with E-state index in [9.17, 15) is 0 Å². The van der Waals surface area contributed by atoms with E-state index in [0.29, 0.717) is 12.1 Å². The van der Waals surface area contributed by atoms with Crippen molar-refractivity contribution < 1.29 is 0 Å². The first-order valence-corrected chi connectivity index (χ1v) is 8.90. The molecule has 1 N–H and O–H groups in total. The molecule has 0 aliphatic heterocycles. The molecule has 1 nitrogen and oxygen atoms in total. The average Bonchev–Trinajstić information content (AvgIpc) is 2.47. The molecule has 0 aromatic heterocycles. The van der Waals surface area contributed by atoms with Crippen LogP contribution in [0.2, 0.25) is 0 Å². The molecule has 0 saturated heterocycles. The molecule has 2 rings (SSSR count). The zero-order chi connectivity index (χ0) is 15.2. The van der Waals surface area contributed by atoms with Gasteiger partial charge >= 0.3 is 0 Å². The third kappa shape index (κ3) is 4.85. The van der Waals surface area contributed by atoms with Crippen molar-refractivity contribution in [2.24, 2.45) is 17.8 Å². The highest BCUT2D eigenvalue weighted by atomic mass is 15.0. The van der Waals surface area contributed by atoms with Crippen LogP contribution in [-0.2, 0) is 6.42 Å². The number of rotatable bonds is 6. The minimum Gasteiger partial charge on any atom is -0.311 e. The van der Waals surface area contributed by atoms with Crippen molar-refractivity contribution in [2.45, 2.75) is 71.9 Å². The molecule has 1 aliphatic carbocycles. The lowest BCUT2D eigenvalue weighted by Crippen LogP contribution is -2.48. The van der Waals surface area contributed by atoms with Gasteiger partial charge in [-0.1, -0.05) is 64.4 Å². The van der Waals surface area contributed by atoms with Crippen LogP contribution in [0, 0.1) is 17.8 Å². The normalized spacial score (nSPS) is 27.8. The van der Waals surface area contributed by atoms with E-state index in [1.807, 2.05) is 0 Å². The highest BCUT2D eigenvalue weighted by Gasteiger charge is 2.31. The molecule has 0 heterocycles. The van der Waals surface area contributed by atoms with Gasteiger partial charge in [-0.15, -0.1) is 0 Å².